The van der Waals surface area contributed by atoms with Crippen molar-refractivity contribution < 1.29 is 0 Å². The van der Waals surface area contributed by atoms with E-state index < -0.39 is 0 Å². The van der Waals surface area contributed by atoms with E-state index in [2.05, 4.69) is 56.3 Å². The Morgan fingerprint density at radius 1 is 1.04 bits per heavy atom. The molecule has 1 aliphatic heterocycles. The van der Waals surface area contributed by atoms with E-state index in [1.165, 1.54) is 61.6 Å². The zero-order chi connectivity index (χ0) is 17.3. The number of rotatable bonds is 5. The van der Waals surface area contributed by atoms with Gasteiger partial charge in [0.1, 0.15) is 12.5 Å². The summed E-state index contributed by atoms with van der Waals surface area (Å²) in [5.74, 6) is 1.01. The van der Waals surface area contributed by atoms with Crippen LogP contribution in [0.1, 0.15) is 18.4 Å². The molecule has 5 rings (SSSR count). The summed E-state index contributed by atoms with van der Waals surface area (Å²) in [6, 6.07) is 11.1. The molecule has 2 fully saturated rings. The van der Waals surface area contributed by atoms with Crippen LogP contribution in [0.5, 0.6) is 0 Å². The van der Waals surface area contributed by atoms with Gasteiger partial charge in [-0.1, -0.05) is 24.3 Å². The zero-order valence-electron chi connectivity index (χ0n) is 14.9. The Labute approximate surface area is 158 Å². The van der Waals surface area contributed by atoms with Gasteiger partial charge < -0.3 is 4.90 Å². The van der Waals surface area contributed by atoms with Gasteiger partial charge in [0.25, 0.3) is 0 Å². The lowest BCUT2D eigenvalue weighted by Crippen LogP contribution is -2.46. The van der Waals surface area contributed by atoms with Crippen LogP contribution in [-0.4, -0.2) is 52.5 Å². The Balaban J connectivity index is 1.21. The molecule has 1 radical (unpaired) electrons. The predicted molar refractivity (Wildman–Crippen MR) is 106 cm³/mol. The summed E-state index contributed by atoms with van der Waals surface area (Å²) in [4.78, 5) is 14.8. The maximum atomic E-state index is 4.31. The van der Waals surface area contributed by atoms with E-state index in [1.807, 2.05) is 0 Å². The zero-order valence-corrected chi connectivity index (χ0v) is 15.7. The standard InChI is InChI=1S/C21H23N4S/c1-2-16(1)13-24-7-9-25(10-8-24)14-17-3-5-18(6-4-17)20-11-19-21(26-20)12-22-15-23-19/h3-6,11,15-16H,1-2,7-10,13-14H2. The van der Waals surface area contributed by atoms with Crippen molar-refractivity contribution in [2.45, 2.75) is 19.4 Å². The number of benzene rings is 1. The minimum Gasteiger partial charge on any atom is -0.301 e. The lowest BCUT2D eigenvalue weighted by atomic mass is 10.1. The minimum absolute atomic E-state index is 0.980. The van der Waals surface area contributed by atoms with Gasteiger partial charge in [-0.05, 0) is 36.0 Å². The molecule has 0 spiro atoms. The highest BCUT2D eigenvalue weighted by atomic mass is 32.1. The second-order valence-electron chi connectivity index (χ2n) is 7.53. The first-order valence-electron chi connectivity index (χ1n) is 9.50. The van der Waals surface area contributed by atoms with Gasteiger partial charge in [0, 0.05) is 44.1 Å². The minimum atomic E-state index is 0.980. The molecule has 0 unspecified atom stereocenters. The second-order valence-corrected chi connectivity index (χ2v) is 8.58. The molecule has 133 valence electrons. The van der Waals surface area contributed by atoms with Gasteiger partial charge in [0.2, 0.25) is 0 Å². The highest BCUT2D eigenvalue weighted by molar-refractivity contribution is 7.22. The van der Waals surface area contributed by atoms with E-state index >= 15 is 0 Å². The summed E-state index contributed by atoms with van der Waals surface area (Å²) >= 11 is 1.71. The maximum absolute atomic E-state index is 4.31. The molecule has 1 saturated carbocycles. The molecule has 3 aromatic rings. The Hall–Kier alpha value is -1.82. The van der Waals surface area contributed by atoms with Gasteiger partial charge in [-0.25, -0.2) is 9.97 Å². The molecule has 2 aromatic heterocycles. The molecule has 5 heteroatoms. The van der Waals surface area contributed by atoms with E-state index in [0.717, 1.165) is 22.7 Å². The molecular weight excluding hydrogens is 340 g/mol. The Morgan fingerprint density at radius 3 is 2.54 bits per heavy atom. The maximum Gasteiger partial charge on any atom is 0.116 e. The van der Waals surface area contributed by atoms with Crippen molar-refractivity contribution in [1.82, 2.24) is 19.8 Å². The van der Waals surface area contributed by atoms with Gasteiger partial charge in [-0.3, -0.25) is 4.90 Å². The van der Waals surface area contributed by atoms with Crippen LogP contribution in [-0.2, 0) is 6.54 Å². The van der Waals surface area contributed by atoms with Crippen molar-refractivity contribution in [3.05, 3.63) is 48.4 Å². The monoisotopic (exact) mass is 363 g/mol. The quantitative estimate of drug-likeness (QED) is 0.692. The summed E-state index contributed by atoms with van der Waals surface area (Å²) < 4.78 is 1.02. The topological polar surface area (TPSA) is 32.3 Å². The summed E-state index contributed by atoms with van der Waals surface area (Å²) in [6.45, 7) is 7.24. The molecule has 2 aliphatic rings. The molecule has 4 nitrogen and oxygen atoms in total. The first-order chi connectivity index (χ1) is 12.8. The van der Waals surface area contributed by atoms with Gasteiger partial charge in [-0.2, -0.15) is 0 Å². The normalized spacial score (nSPS) is 19.2. The van der Waals surface area contributed by atoms with Crippen LogP contribution in [0.3, 0.4) is 0 Å². The van der Waals surface area contributed by atoms with Gasteiger partial charge in [-0.15, -0.1) is 11.3 Å². The molecule has 3 heterocycles. The SMILES string of the molecule is [c]1ncnc2cc(-c3ccc(CN4CCN(CC5CC5)CC4)cc3)sc12. The number of nitrogens with zero attached hydrogens (tertiary/aromatic N) is 4. The van der Waals surface area contributed by atoms with Crippen LogP contribution in [0.25, 0.3) is 20.7 Å². The molecule has 26 heavy (non-hydrogen) atoms. The number of fused-ring (bicyclic) bond motifs is 1. The first kappa shape index (κ1) is 16.4. The molecule has 0 N–H and O–H groups in total. The lowest BCUT2D eigenvalue weighted by Gasteiger charge is -2.34. The average molecular weight is 364 g/mol. The Kier molecular flexibility index (Phi) is 4.44. The highest BCUT2D eigenvalue weighted by Gasteiger charge is 2.26. The third-order valence-corrected chi connectivity index (χ3v) is 6.53. The van der Waals surface area contributed by atoms with Crippen molar-refractivity contribution in [3.8, 4) is 10.4 Å². The molecule has 1 aromatic carbocycles. The molecule has 1 saturated heterocycles. The highest BCUT2D eigenvalue weighted by Crippen LogP contribution is 2.32. The number of hydrogen-bond acceptors (Lipinski definition) is 5. The van der Waals surface area contributed by atoms with Crippen molar-refractivity contribution >= 4 is 21.6 Å². The van der Waals surface area contributed by atoms with E-state index in [9.17, 15) is 0 Å². The van der Waals surface area contributed by atoms with Crippen molar-refractivity contribution in [2.24, 2.45) is 5.92 Å². The van der Waals surface area contributed by atoms with E-state index in [0.29, 0.717) is 0 Å². The fraction of sp³-hybridized carbons (Fsp3) is 0.429. The summed E-state index contributed by atoms with van der Waals surface area (Å²) in [5.41, 5.74) is 3.63. The van der Waals surface area contributed by atoms with Crippen LogP contribution in [0, 0.1) is 12.1 Å². The summed E-state index contributed by atoms with van der Waals surface area (Å²) in [7, 11) is 0. The fourth-order valence-electron chi connectivity index (χ4n) is 3.71. The van der Waals surface area contributed by atoms with Crippen molar-refractivity contribution in [3.63, 3.8) is 0 Å². The van der Waals surface area contributed by atoms with E-state index in [1.54, 1.807) is 17.7 Å². The van der Waals surface area contributed by atoms with Crippen LogP contribution in [0.2, 0.25) is 0 Å². The number of piperazine rings is 1. The fourth-order valence-corrected chi connectivity index (χ4v) is 4.67. The molecule has 0 bridgehead atoms. The first-order valence-corrected chi connectivity index (χ1v) is 10.3. The van der Waals surface area contributed by atoms with E-state index in [-0.39, 0.29) is 0 Å². The lowest BCUT2D eigenvalue weighted by molar-refractivity contribution is 0.123. The molecular formula is C21H23N4S. The van der Waals surface area contributed by atoms with E-state index in [4.69, 9.17) is 0 Å². The third kappa shape index (κ3) is 3.65. The molecule has 0 amide bonds. The smallest absolute Gasteiger partial charge is 0.116 e. The van der Waals surface area contributed by atoms with Gasteiger partial charge in [0.15, 0.2) is 0 Å². The van der Waals surface area contributed by atoms with Crippen LogP contribution in [0.4, 0.5) is 0 Å². The second kappa shape index (κ2) is 7.06. The number of hydrogen-bond donors (Lipinski definition) is 0. The van der Waals surface area contributed by atoms with Crippen LogP contribution >= 0.6 is 11.3 Å². The van der Waals surface area contributed by atoms with Crippen LogP contribution in [0.15, 0.2) is 36.7 Å². The Morgan fingerprint density at radius 2 is 1.81 bits per heavy atom. The number of aromatic nitrogens is 2. The predicted octanol–water partition coefficient (Wildman–Crippen LogP) is 3.69. The Bertz CT molecular complexity index is 843. The summed E-state index contributed by atoms with van der Waals surface area (Å²) in [6.07, 6.45) is 7.49. The van der Waals surface area contributed by atoms with Gasteiger partial charge >= 0.3 is 0 Å². The number of thiophene rings is 1. The molecule has 1 aliphatic carbocycles. The molecule has 0 atom stereocenters. The van der Waals surface area contributed by atoms with Crippen LogP contribution < -0.4 is 0 Å². The van der Waals surface area contributed by atoms with Crippen molar-refractivity contribution in [1.29, 1.82) is 0 Å². The van der Waals surface area contributed by atoms with Gasteiger partial charge in [0.05, 0.1) is 10.2 Å². The average Bonchev–Trinajstić information content (AvgIpc) is 3.38. The summed E-state index contributed by atoms with van der Waals surface area (Å²) in [5, 5.41) is 0. The largest absolute Gasteiger partial charge is 0.301 e. The third-order valence-electron chi connectivity index (χ3n) is 5.46. The van der Waals surface area contributed by atoms with Crippen molar-refractivity contribution in [2.75, 3.05) is 32.7 Å².